The first-order valence-electron chi connectivity index (χ1n) is 12.2. The average Bonchev–Trinajstić information content (AvgIpc) is 3.47. The van der Waals surface area contributed by atoms with Crippen LogP contribution in [-0.2, 0) is 35.2 Å². The number of halogens is 3. The normalized spacial score (nSPS) is 18.0. The number of likely N-dealkylation sites (tertiary alicyclic amines) is 2. The molecule has 13 nitrogen and oxygen atoms in total. The van der Waals surface area contributed by atoms with Gasteiger partial charge in [0.25, 0.3) is 0 Å². The monoisotopic (exact) mass is 601 g/mol. The number of hydrogen-bond acceptors (Lipinski definition) is 7. The molecule has 0 saturated carbocycles. The van der Waals surface area contributed by atoms with Gasteiger partial charge in [0, 0.05) is 75.3 Å². The van der Waals surface area contributed by atoms with Gasteiger partial charge in [-0.15, -0.1) is 0 Å². The zero-order valence-corrected chi connectivity index (χ0v) is 22.3. The van der Waals surface area contributed by atoms with Crippen molar-refractivity contribution in [1.29, 1.82) is 0 Å². The molecule has 1 aromatic carbocycles. The van der Waals surface area contributed by atoms with Crippen molar-refractivity contribution >= 4 is 35.7 Å². The molecule has 2 heterocycles. The van der Waals surface area contributed by atoms with Crippen molar-refractivity contribution in [3.05, 3.63) is 59.5 Å². The van der Waals surface area contributed by atoms with Gasteiger partial charge in [0.15, 0.2) is 11.6 Å². The molecule has 2 aliphatic heterocycles. The highest BCUT2D eigenvalue weighted by atomic mass is 19.2. The molecular formula is C26H30F3N3O10. The highest BCUT2D eigenvalue weighted by Crippen LogP contribution is 2.32. The number of carbonyl (C=O) groups excluding carboxylic acids is 2. The van der Waals surface area contributed by atoms with Gasteiger partial charge in [0.2, 0.25) is 11.8 Å². The second kappa shape index (κ2) is 16.5. The molecule has 2 amide bonds. The van der Waals surface area contributed by atoms with Gasteiger partial charge in [0.05, 0.1) is 6.04 Å². The molecule has 2 aliphatic rings. The van der Waals surface area contributed by atoms with Crippen molar-refractivity contribution in [1.82, 2.24) is 9.80 Å². The van der Waals surface area contributed by atoms with Crippen molar-refractivity contribution in [2.75, 3.05) is 19.6 Å². The average molecular weight is 602 g/mol. The van der Waals surface area contributed by atoms with Gasteiger partial charge >= 0.3 is 23.9 Å². The number of carbonyl (C=O) groups is 6. The van der Waals surface area contributed by atoms with Crippen LogP contribution in [0, 0.1) is 23.4 Å². The Morgan fingerprint density at radius 3 is 1.79 bits per heavy atom. The molecule has 0 unspecified atom stereocenters. The van der Waals surface area contributed by atoms with E-state index in [1.807, 2.05) is 0 Å². The maximum atomic E-state index is 13.7. The number of benzene rings is 1. The Bertz CT molecular complexity index is 1190. The van der Waals surface area contributed by atoms with Gasteiger partial charge in [0.1, 0.15) is 5.82 Å². The molecule has 1 aromatic rings. The van der Waals surface area contributed by atoms with Crippen LogP contribution in [0.1, 0.15) is 25.3 Å². The first-order valence-corrected chi connectivity index (χ1v) is 12.2. The van der Waals surface area contributed by atoms with Gasteiger partial charge in [-0.25, -0.2) is 32.3 Å². The maximum absolute atomic E-state index is 13.7. The molecule has 230 valence electrons. The number of hydrogen-bond donors (Lipinski definition) is 5. The topological polar surface area (TPSA) is 216 Å². The van der Waals surface area contributed by atoms with E-state index in [0.29, 0.717) is 50.0 Å². The Balaban J connectivity index is 0.000000454. The fraction of sp³-hybridized carbons (Fsp3) is 0.385. The summed E-state index contributed by atoms with van der Waals surface area (Å²) in [5.41, 5.74) is 5.90. The van der Waals surface area contributed by atoms with Gasteiger partial charge < -0.3 is 36.0 Å². The minimum Gasteiger partial charge on any atom is -0.478 e. The van der Waals surface area contributed by atoms with Crippen molar-refractivity contribution < 1.29 is 62.4 Å². The quantitative estimate of drug-likeness (QED) is 0.208. The lowest BCUT2D eigenvalue weighted by Crippen LogP contribution is -2.42. The van der Waals surface area contributed by atoms with E-state index in [-0.39, 0.29) is 42.2 Å². The maximum Gasteiger partial charge on any atom is 0.328 e. The summed E-state index contributed by atoms with van der Waals surface area (Å²) in [6.45, 7) is 3.32. The second-order valence-corrected chi connectivity index (χ2v) is 9.17. The number of amides is 2. The second-order valence-electron chi connectivity index (χ2n) is 9.17. The molecule has 2 saturated heterocycles. The van der Waals surface area contributed by atoms with E-state index in [2.05, 4.69) is 0 Å². The van der Waals surface area contributed by atoms with E-state index < -0.39 is 47.4 Å². The fourth-order valence-corrected chi connectivity index (χ4v) is 4.23. The molecule has 16 heteroatoms. The molecule has 0 bridgehead atoms. The third-order valence-electron chi connectivity index (χ3n) is 6.06. The van der Waals surface area contributed by atoms with E-state index in [9.17, 15) is 41.9 Å². The first kappa shape index (κ1) is 35.3. The molecule has 42 heavy (non-hydrogen) atoms. The van der Waals surface area contributed by atoms with Crippen molar-refractivity contribution in [2.24, 2.45) is 11.7 Å². The summed E-state index contributed by atoms with van der Waals surface area (Å²) >= 11 is 0. The predicted octanol–water partition coefficient (Wildman–Crippen LogP) is 0.867. The SMILES string of the molecule is CC(=O)N1C[C@@H]2CCN(C(=O)C[C@H](N)Cc3cc(F)c(F)cc3F)[C@@H]2C1.O=C(O)/C=C/C(=O)O.O=C(O)/C=C/C(=O)O. The lowest BCUT2D eigenvalue weighted by molar-refractivity contribution is -0.134. The number of carboxylic acid groups (broad SMARTS) is 4. The van der Waals surface area contributed by atoms with Crippen LogP contribution < -0.4 is 5.73 Å². The van der Waals surface area contributed by atoms with Crippen LogP contribution in [0.4, 0.5) is 13.2 Å². The number of aliphatic carboxylic acids is 4. The standard InChI is InChI=1S/C18H22F3N3O2.2C4H4O4/c1-10(25)23-8-11-2-3-24(17(11)9-23)18(26)6-13(22)4-12-5-15(20)16(21)7-14(12)19;2*5-3(6)1-2-4(7)8/h5,7,11,13,17H,2-4,6,8-9,22H2,1H3;2*1-2H,(H,5,6)(H,7,8)/b;2*2-1+/t11-,13+,17+;;/m0../s1. The third-order valence-corrected chi connectivity index (χ3v) is 6.06. The van der Waals surface area contributed by atoms with Gasteiger partial charge in [-0.1, -0.05) is 0 Å². The molecule has 2 fully saturated rings. The Hall–Kier alpha value is -4.73. The highest BCUT2D eigenvalue weighted by molar-refractivity contribution is 5.90. The summed E-state index contributed by atoms with van der Waals surface area (Å²) in [5.74, 6) is -8.17. The van der Waals surface area contributed by atoms with Crippen molar-refractivity contribution in [3.63, 3.8) is 0 Å². The number of carboxylic acids is 4. The largest absolute Gasteiger partial charge is 0.478 e. The molecule has 0 radical (unpaired) electrons. The molecule has 0 spiro atoms. The number of nitrogens with zero attached hydrogens (tertiary/aromatic N) is 2. The Morgan fingerprint density at radius 2 is 1.33 bits per heavy atom. The van der Waals surface area contributed by atoms with E-state index in [4.69, 9.17) is 26.2 Å². The lowest BCUT2D eigenvalue weighted by Gasteiger charge is -2.26. The van der Waals surface area contributed by atoms with Crippen molar-refractivity contribution in [3.8, 4) is 0 Å². The van der Waals surface area contributed by atoms with Crippen LogP contribution in [0.25, 0.3) is 0 Å². The zero-order chi connectivity index (χ0) is 32.1. The summed E-state index contributed by atoms with van der Waals surface area (Å²) in [5, 5.41) is 31.2. The minimum atomic E-state index is -1.26. The van der Waals surface area contributed by atoms with Crippen LogP contribution in [0.2, 0.25) is 0 Å². The molecule has 6 N–H and O–H groups in total. The number of fused-ring (bicyclic) bond motifs is 1. The Kier molecular flexibility index (Phi) is 13.9. The first-order chi connectivity index (χ1) is 19.5. The van der Waals surface area contributed by atoms with Gasteiger partial charge in [-0.3, -0.25) is 9.59 Å². The Morgan fingerprint density at radius 1 is 0.857 bits per heavy atom. The molecule has 0 aromatic heterocycles. The smallest absolute Gasteiger partial charge is 0.328 e. The van der Waals surface area contributed by atoms with E-state index in [0.717, 1.165) is 12.5 Å². The molecular weight excluding hydrogens is 571 g/mol. The van der Waals surface area contributed by atoms with Crippen LogP contribution in [0.3, 0.4) is 0 Å². The third kappa shape index (κ3) is 12.2. The van der Waals surface area contributed by atoms with Crippen molar-refractivity contribution in [2.45, 2.75) is 38.3 Å². The highest BCUT2D eigenvalue weighted by Gasteiger charge is 2.44. The van der Waals surface area contributed by atoms with Crippen LogP contribution in [0.5, 0.6) is 0 Å². The van der Waals surface area contributed by atoms with E-state index in [1.54, 1.807) is 9.80 Å². The summed E-state index contributed by atoms with van der Waals surface area (Å²) in [6.07, 6.45) is 3.00. The fourth-order valence-electron chi connectivity index (χ4n) is 4.23. The number of nitrogens with two attached hydrogens (primary N) is 1. The molecule has 3 atom stereocenters. The summed E-state index contributed by atoms with van der Waals surface area (Å²) in [4.78, 5) is 65.8. The Labute approximate surface area is 237 Å². The molecule has 3 rings (SSSR count). The van der Waals surface area contributed by atoms with Crippen LogP contribution >= 0.6 is 0 Å². The van der Waals surface area contributed by atoms with Crippen LogP contribution in [-0.4, -0.2) is 97.6 Å². The summed E-state index contributed by atoms with van der Waals surface area (Å²) < 4.78 is 40.0. The minimum absolute atomic E-state index is 0.00129. The van der Waals surface area contributed by atoms with E-state index >= 15 is 0 Å². The lowest BCUT2D eigenvalue weighted by atomic mass is 10.0. The molecule has 0 aliphatic carbocycles. The van der Waals surface area contributed by atoms with Gasteiger partial charge in [-0.2, -0.15) is 0 Å². The summed E-state index contributed by atoms with van der Waals surface area (Å²) in [7, 11) is 0. The van der Waals surface area contributed by atoms with E-state index in [1.165, 1.54) is 6.92 Å². The zero-order valence-electron chi connectivity index (χ0n) is 22.3. The van der Waals surface area contributed by atoms with Crippen LogP contribution in [0.15, 0.2) is 36.4 Å². The van der Waals surface area contributed by atoms with Gasteiger partial charge in [-0.05, 0) is 24.5 Å². The number of rotatable bonds is 8. The summed E-state index contributed by atoms with van der Waals surface area (Å²) in [6, 6.07) is 0.562. The predicted molar refractivity (Wildman–Crippen MR) is 137 cm³/mol.